The van der Waals surface area contributed by atoms with Gasteiger partial charge in [-0.1, -0.05) is 0 Å². The lowest BCUT2D eigenvalue weighted by molar-refractivity contribution is 0.0703. The van der Waals surface area contributed by atoms with E-state index < -0.39 is 0 Å². The van der Waals surface area contributed by atoms with Crippen molar-refractivity contribution < 1.29 is 9.18 Å². The van der Waals surface area contributed by atoms with Gasteiger partial charge in [0.25, 0.3) is 5.91 Å². The third-order valence-corrected chi connectivity index (χ3v) is 6.84. The molecule has 1 amide bonds. The fourth-order valence-corrected chi connectivity index (χ4v) is 4.91. The average molecular weight is 420 g/mol. The number of hydrogen-bond acceptors (Lipinski definition) is 4. The predicted octanol–water partition coefficient (Wildman–Crippen LogP) is 3.52. The van der Waals surface area contributed by atoms with E-state index in [0.29, 0.717) is 30.6 Å². The summed E-state index contributed by atoms with van der Waals surface area (Å²) < 4.78 is 15.2. The van der Waals surface area contributed by atoms with Crippen molar-refractivity contribution in [3.8, 4) is 5.69 Å². The summed E-state index contributed by atoms with van der Waals surface area (Å²) in [5, 5.41) is 12.2. The molecule has 0 atom stereocenters. The van der Waals surface area contributed by atoms with Crippen LogP contribution in [0.15, 0.2) is 24.3 Å². The number of amides is 1. The van der Waals surface area contributed by atoms with Crippen LogP contribution in [0.4, 0.5) is 4.39 Å². The number of carbonyl (C=O) groups excluding carboxylic acids is 1. The minimum absolute atomic E-state index is 0.00806. The van der Waals surface area contributed by atoms with Crippen LogP contribution < -0.4 is 0 Å². The van der Waals surface area contributed by atoms with Crippen molar-refractivity contribution in [2.75, 3.05) is 13.1 Å². The standard InChI is InChI=1S/C23H25FN6O/c24-16-6-8-17(9-7-16)30-19-3-1-2-18(19)20(28-30)23(31)29-12-10-15(11-13-29)22-25-21(26-27-22)14-4-5-14/h6-9,14-15H,1-5,10-13H2,(H,25,26,27). The maximum atomic E-state index is 13.4. The van der Waals surface area contributed by atoms with E-state index in [9.17, 15) is 9.18 Å². The molecule has 0 unspecified atom stereocenters. The number of aromatic amines is 1. The summed E-state index contributed by atoms with van der Waals surface area (Å²) in [4.78, 5) is 20.0. The summed E-state index contributed by atoms with van der Waals surface area (Å²) in [7, 11) is 0. The normalized spacial score (nSPS) is 19.1. The van der Waals surface area contributed by atoms with E-state index in [1.807, 2.05) is 9.58 Å². The first-order valence-corrected chi connectivity index (χ1v) is 11.3. The van der Waals surface area contributed by atoms with Gasteiger partial charge in [0.15, 0.2) is 11.5 Å². The molecule has 1 aromatic carbocycles. The lowest BCUT2D eigenvalue weighted by Gasteiger charge is -2.30. The molecule has 0 radical (unpaired) electrons. The van der Waals surface area contributed by atoms with Crippen LogP contribution >= 0.6 is 0 Å². The van der Waals surface area contributed by atoms with E-state index in [2.05, 4.69) is 15.3 Å². The first-order valence-electron chi connectivity index (χ1n) is 11.3. The monoisotopic (exact) mass is 420 g/mol. The largest absolute Gasteiger partial charge is 0.337 e. The van der Waals surface area contributed by atoms with E-state index in [-0.39, 0.29) is 11.7 Å². The molecule has 3 aliphatic rings. The number of likely N-dealkylation sites (tertiary alicyclic amines) is 1. The minimum atomic E-state index is -0.275. The Morgan fingerprint density at radius 2 is 1.81 bits per heavy atom. The van der Waals surface area contributed by atoms with E-state index in [4.69, 9.17) is 4.98 Å². The van der Waals surface area contributed by atoms with Crippen molar-refractivity contribution in [3.63, 3.8) is 0 Å². The van der Waals surface area contributed by atoms with Crippen molar-refractivity contribution >= 4 is 5.91 Å². The van der Waals surface area contributed by atoms with Crippen molar-refractivity contribution in [2.24, 2.45) is 0 Å². The third-order valence-electron chi connectivity index (χ3n) is 6.84. The molecule has 2 aliphatic carbocycles. The first kappa shape index (κ1) is 18.7. The SMILES string of the molecule is O=C(c1nn(-c2ccc(F)cc2)c2c1CCC2)N1CCC(c2nc(C3CC3)n[nH]2)CC1. The van der Waals surface area contributed by atoms with Gasteiger partial charge in [0, 0.05) is 36.2 Å². The molecule has 1 aliphatic heterocycles. The lowest BCUT2D eigenvalue weighted by Crippen LogP contribution is -2.38. The zero-order valence-corrected chi connectivity index (χ0v) is 17.4. The van der Waals surface area contributed by atoms with E-state index >= 15 is 0 Å². The van der Waals surface area contributed by atoms with E-state index in [1.165, 1.54) is 25.0 Å². The van der Waals surface area contributed by atoms with Gasteiger partial charge in [-0.25, -0.2) is 14.1 Å². The summed E-state index contributed by atoms with van der Waals surface area (Å²) in [6, 6.07) is 6.30. The number of hydrogen-bond donors (Lipinski definition) is 1. The molecular formula is C23H25FN6O. The molecule has 31 heavy (non-hydrogen) atoms. The summed E-state index contributed by atoms with van der Waals surface area (Å²) >= 11 is 0. The van der Waals surface area contributed by atoms with E-state index in [1.54, 1.807) is 12.1 Å². The minimum Gasteiger partial charge on any atom is -0.337 e. The Morgan fingerprint density at radius 1 is 1.03 bits per heavy atom. The van der Waals surface area contributed by atoms with Gasteiger partial charge in [-0.2, -0.15) is 10.2 Å². The number of benzene rings is 1. The Bertz CT molecular complexity index is 1120. The van der Waals surface area contributed by atoms with Crippen molar-refractivity contribution in [1.82, 2.24) is 29.9 Å². The highest BCUT2D eigenvalue weighted by Crippen LogP contribution is 2.39. The van der Waals surface area contributed by atoms with Crippen molar-refractivity contribution in [2.45, 2.75) is 56.8 Å². The number of rotatable bonds is 4. The Morgan fingerprint density at radius 3 is 2.55 bits per heavy atom. The van der Waals surface area contributed by atoms with Crippen LogP contribution in [0.3, 0.4) is 0 Å². The predicted molar refractivity (Wildman–Crippen MR) is 112 cm³/mol. The highest BCUT2D eigenvalue weighted by atomic mass is 19.1. The highest BCUT2D eigenvalue weighted by Gasteiger charge is 2.33. The van der Waals surface area contributed by atoms with Crippen molar-refractivity contribution in [3.05, 3.63) is 58.7 Å². The van der Waals surface area contributed by atoms with Crippen LogP contribution in [0.2, 0.25) is 0 Å². The molecule has 1 saturated carbocycles. The number of carbonyl (C=O) groups is 1. The second-order valence-corrected chi connectivity index (χ2v) is 8.94. The van der Waals surface area contributed by atoms with Crippen LogP contribution in [0.5, 0.6) is 0 Å². The molecule has 3 heterocycles. The zero-order valence-electron chi connectivity index (χ0n) is 17.4. The smallest absolute Gasteiger partial charge is 0.274 e. The van der Waals surface area contributed by atoms with E-state index in [0.717, 1.165) is 60.7 Å². The Labute approximate surface area is 179 Å². The number of halogens is 1. The molecule has 3 aromatic rings. The molecule has 0 bridgehead atoms. The topological polar surface area (TPSA) is 79.7 Å². The van der Waals surface area contributed by atoms with Crippen LogP contribution in [-0.4, -0.2) is 48.9 Å². The van der Waals surface area contributed by atoms with Gasteiger partial charge in [0.05, 0.1) is 5.69 Å². The van der Waals surface area contributed by atoms with Gasteiger partial charge in [-0.3, -0.25) is 9.89 Å². The Hall–Kier alpha value is -3.03. The second-order valence-electron chi connectivity index (χ2n) is 8.94. The first-order chi connectivity index (χ1) is 15.2. The number of H-pyrrole nitrogens is 1. The van der Waals surface area contributed by atoms with Gasteiger partial charge < -0.3 is 4.90 Å². The number of nitrogens with one attached hydrogen (secondary N) is 1. The van der Waals surface area contributed by atoms with Gasteiger partial charge in [-0.15, -0.1) is 0 Å². The molecular weight excluding hydrogens is 395 g/mol. The molecule has 8 heteroatoms. The molecule has 1 N–H and O–H groups in total. The van der Waals surface area contributed by atoms with Crippen molar-refractivity contribution in [1.29, 1.82) is 0 Å². The Balaban J connectivity index is 1.19. The number of piperidine rings is 1. The quantitative estimate of drug-likeness (QED) is 0.700. The highest BCUT2D eigenvalue weighted by molar-refractivity contribution is 5.94. The molecule has 6 rings (SSSR count). The Kier molecular flexibility index (Phi) is 4.40. The summed E-state index contributed by atoms with van der Waals surface area (Å²) in [5.74, 6) is 2.53. The maximum Gasteiger partial charge on any atom is 0.274 e. The summed E-state index contributed by atoms with van der Waals surface area (Å²) in [6.07, 6.45) is 6.93. The fraction of sp³-hybridized carbons (Fsp3) is 0.478. The molecule has 1 saturated heterocycles. The van der Waals surface area contributed by atoms with Gasteiger partial charge in [0.1, 0.15) is 11.6 Å². The molecule has 160 valence electrons. The van der Waals surface area contributed by atoms with Gasteiger partial charge >= 0.3 is 0 Å². The average Bonchev–Trinajstić information content (AvgIpc) is 3.20. The number of nitrogens with zero attached hydrogens (tertiary/aromatic N) is 5. The molecule has 0 spiro atoms. The summed E-state index contributed by atoms with van der Waals surface area (Å²) in [6.45, 7) is 1.39. The zero-order chi connectivity index (χ0) is 20.9. The van der Waals surface area contributed by atoms with Crippen LogP contribution in [0.25, 0.3) is 5.69 Å². The maximum absolute atomic E-state index is 13.4. The third kappa shape index (κ3) is 3.34. The molecule has 7 nitrogen and oxygen atoms in total. The lowest BCUT2D eigenvalue weighted by atomic mass is 9.96. The second kappa shape index (κ2) is 7.28. The summed E-state index contributed by atoms with van der Waals surface area (Å²) in [5.41, 5.74) is 3.50. The van der Waals surface area contributed by atoms with Crippen LogP contribution in [0, 0.1) is 5.82 Å². The molecule has 2 aromatic heterocycles. The fourth-order valence-electron chi connectivity index (χ4n) is 4.91. The van der Waals surface area contributed by atoms with Crippen LogP contribution in [0.1, 0.15) is 77.3 Å². The van der Waals surface area contributed by atoms with Crippen LogP contribution in [-0.2, 0) is 12.8 Å². The van der Waals surface area contributed by atoms with Gasteiger partial charge in [-0.05, 0) is 69.2 Å². The van der Waals surface area contributed by atoms with Gasteiger partial charge in [0.2, 0.25) is 0 Å². The molecule has 2 fully saturated rings. The number of aromatic nitrogens is 5. The number of fused-ring (bicyclic) bond motifs is 1.